The molecule has 0 saturated carbocycles. The van der Waals surface area contributed by atoms with Crippen molar-refractivity contribution in [2.45, 2.75) is 6.42 Å². The van der Waals surface area contributed by atoms with Gasteiger partial charge >= 0.3 is 0 Å². The molecule has 0 amide bonds. The standard InChI is InChI=1S/C8H17FN2/c1-10-6-8-2-4-11(7-8)5-3-9/h8,10H,2-7H2,1H3. The van der Waals surface area contributed by atoms with E-state index in [0.29, 0.717) is 6.54 Å². The molecule has 1 unspecified atom stereocenters. The smallest absolute Gasteiger partial charge is 0.102 e. The van der Waals surface area contributed by atoms with Crippen LogP contribution in [-0.2, 0) is 0 Å². The molecule has 0 aromatic rings. The van der Waals surface area contributed by atoms with Gasteiger partial charge in [0, 0.05) is 13.1 Å². The van der Waals surface area contributed by atoms with E-state index in [1.54, 1.807) is 0 Å². The fourth-order valence-electron chi connectivity index (χ4n) is 1.69. The summed E-state index contributed by atoms with van der Waals surface area (Å²) in [6.07, 6.45) is 1.22. The molecule has 3 heteroatoms. The van der Waals surface area contributed by atoms with Crippen molar-refractivity contribution in [2.24, 2.45) is 5.92 Å². The first kappa shape index (κ1) is 8.94. The minimum Gasteiger partial charge on any atom is -0.319 e. The summed E-state index contributed by atoms with van der Waals surface area (Å²) in [6.45, 7) is 3.65. The third-order valence-electron chi connectivity index (χ3n) is 2.26. The van der Waals surface area contributed by atoms with E-state index in [-0.39, 0.29) is 6.67 Å². The molecule has 1 heterocycles. The topological polar surface area (TPSA) is 15.3 Å². The zero-order chi connectivity index (χ0) is 8.10. The van der Waals surface area contributed by atoms with Gasteiger partial charge in [0.25, 0.3) is 0 Å². The molecule has 1 N–H and O–H groups in total. The first-order valence-electron chi connectivity index (χ1n) is 4.29. The van der Waals surface area contributed by atoms with Gasteiger partial charge in [0.15, 0.2) is 0 Å². The molecule has 0 bridgehead atoms. The summed E-state index contributed by atoms with van der Waals surface area (Å²) in [5.41, 5.74) is 0. The molecule has 0 spiro atoms. The maximum absolute atomic E-state index is 11.9. The normalized spacial score (nSPS) is 26.2. The molecule has 1 fully saturated rings. The van der Waals surface area contributed by atoms with Gasteiger partial charge in [-0.1, -0.05) is 0 Å². The van der Waals surface area contributed by atoms with Crippen LogP contribution < -0.4 is 5.32 Å². The van der Waals surface area contributed by atoms with Crippen molar-refractivity contribution in [3.05, 3.63) is 0 Å². The van der Waals surface area contributed by atoms with Gasteiger partial charge in [-0.3, -0.25) is 0 Å². The van der Waals surface area contributed by atoms with Gasteiger partial charge in [-0.25, -0.2) is 4.39 Å². The van der Waals surface area contributed by atoms with Crippen molar-refractivity contribution < 1.29 is 4.39 Å². The van der Waals surface area contributed by atoms with Gasteiger partial charge < -0.3 is 10.2 Å². The largest absolute Gasteiger partial charge is 0.319 e. The lowest BCUT2D eigenvalue weighted by atomic mass is 10.1. The highest BCUT2D eigenvalue weighted by molar-refractivity contribution is 4.76. The number of rotatable bonds is 4. The Bertz CT molecular complexity index is 96.3. The predicted octanol–water partition coefficient (Wildman–Crippen LogP) is 0.497. The monoisotopic (exact) mass is 160 g/mol. The fraction of sp³-hybridized carbons (Fsp3) is 1.00. The van der Waals surface area contributed by atoms with Crippen molar-refractivity contribution in [1.82, 2.24) is 10.2 Å². The Balaban J connectivity index is 2.12. The molecule has 2 nitrogen and oxygen atoms in total. The third-order valence-corrected chi connectivity index (χ3v) is 2.26. The average molecular weight is 160 g/mol. The van der Waals surface area contributed by atoms with E-state index in [4.69, 9.17) is 0 Å². The van der Waals surface area contributed by atoms with Crippen LogP contribution in [0, 0.1) is 5.92 Å². The van der Waals surface area contributed by atoms with Crippen LogP contribution in [0.4, 0.5) is 4.39 Å². The minimum absolute atomic E-state index is 0.202. The summed E-state index contributed by atoms with van der Waals surface area (Å²) in [5.74, 6) is 0.742. The molecule has 1 atom stereocenters. The molecule has 0 aromatic heterocycles. The lowest BCUT2D eigenvalue weighted by Gasteiger charge is -2.12. The fourth-order valence-corrected chi connectivity index (χ4v) is 1.69. The average Bonchev–Trinajstić information content (AvgIpc) is 2.38. The molecule has 0 radical (unpaired) electrons. The van der Waals surface area contributed by atoms with Crippen molar-refractivity contribution in [3.63, 3.8) is 0 Å². The number of halogens is 1. The minimum atomic E-state index is -0.202. The number of nitrogens with zero attached hydrogens (tertiary/aromatic N) is 1. The lowest BCUT2D eigenvalue weighted by molar-refractivity contribution is 0.287. The summed E-state index contributed by atoms with van der Waals surface area (Å²) in [6, 6.07) is 0. The Hall–Kier alpha value is -0.150. The molecule has 0 aliphatic carbocycles. The Labute approximate surface area is 67.8 Å². The second-order valence-electron chi connectivity index (χ2n) is 3.20. The van der Waals surface area contributed by atoms with Gasteiger partial charge in [-0.15, -0.1) is 0 Å². The number of alkyl halides is 1. The summed E-state index contributed by atoms with van der Waals surface area (Å²) in [5, 5.41) is 3.15. The highest BCUT2D eigenvalue weighted by atomic mass is 19.1. The maximum atomic E-state index is 11.9. The predicted molar refractivity (Wildman–Crippen MR) is 44.4 cm³/mol. The van der Waals surface area contributed by atoms with Gasteiger partial charge in [-0.05, 0) is 32.5 Å². The van der Waals surface area contributed by atoms with Gasteiger partial charge in [0.2, 0.25) is 0 Å². The van der Waals surface area contributed by atoms with E-state index in [0.717, 1.165) is 25.6 Å². The first-order valence-corrected chi connectivity index (χ1v) is 4.29. The van der Waals surface area contributed by atoms with Crippen molar-refractivity contribution >= 4 is 0 Å². The molecule has 66 valence electrons. The Morgan fingerprint density at radius 1 is 1.64 bits per heavy atom. The van der Waals surface area contributed by atoms with Crippen LogP contribution in [0.1, 0.15) is 6.42 Å². The zero-order valence-electron chi connectivity index (χ0n) is 7.15. The van der Waals surface area contributed by atoms with Gasteiger partial charge in [0.1, 0.15) is 6.67 Å². The van der Waals surface area contributed by atoms with Crippen LogP contribution in [-0.4, -0.2) is 44.8 Å². The van der Waals surface area contributed by atoms with E-state index >= 15 is 0 Å². The third kappa shape index (κ3) is 2.75. The molecule has 1 saturated heterocycles. The number of likely N-dealkylation sites (tertiary alicyclic amines) is 1. The molecule has 1 rings (SSSR count). The molecular weight excluding hydrogens is 143 g/mol. The molecule has 1 aliphatic rings. The second-order valence-corrected chi connectivity index (χ2v) is 3.20. The van der Waals surface area contributed by atoms with E-state index in [1.807, 2.05) is 7.05 Å². The SMILES string of the molecule is CNCC1CCN(CCF)C1. The summed E-state index contributed by atoms with van der Waals surface area (Å²) < 4.78 is 11.9. The highest BCUT2D eigenvalue weighted by Crippen LogP contribution is 2.14. The van der Waals surface area contributed by atoms with Crippen LogP contribution in [0.25, 0.3) is 0 Å². The molecule has 11 heavy (non-hydrogen) atoms. The maximum Gasteiger partial charge on any atom is 0.102 e. The second kappa shape index (κ2) is 4.67. The summed E-state index contributed by atoms with van der Waals surface area (Å²) in [7, 11) is 1.97. The summed E-state index contributed by atoms with van der Waals surface area (Å²) >= 11 is 0. The first-order chi connectivity index (χ1) is 5.36. The highest BCUT2D eigenvalue weighted by Gasteiger charge is 2.20. The number of nitrogens with one attached hydrogen (secondary N) is 1. The van der Waals surface area contributed by atoms with Crippen LogP contribution in [0.3, 0.4) is 0 Å². The number of hydrogen-bond acceptors (Lipinski definition) is 2. The molecular formula is C8H17FN2. The van der Waals surface area contributed by atoms with Crippen molar-refractivity contribution in [3.8, 4) is 0 Å². The lowest BCUT2D eigenvalue weighted by Crippen LogP contribution is -2.26. The molecule has 0 aromatic carbocycles. The van der Waals surface area contributed by atoms with Crippen LogP contribution in [0.2, 0.25) is 0 Å². The van der Waals surface area contributed by atoms with E-state index in [2.05, 4.69) is 10.2 Å². The van der Waals surface area contributed by atoms with Crippen molar-refractivity contribution in [2.75, 3.05) is 39.9 Å². The zero-order valence-corrected chi connectivity index (χ0v) is 7.15. The van der Waals surface area contributed by atoms with Gasteiger partial charge in [0.05, 0.1) is 0 Å². The Morgan fingerprint density at radius 3 is 3.09 bits per heavy atom. The van der Waals surface area contributed by atoms with E-state index in [1.165, 1.54) is 6.42 Å². The molecule has 1 aliphatic heterocycles. The van der Waals surface area contributed by atoms with Crippen LogP contribution in [0.5, 0.6) is 0 Å². The Morgan fingerprint density at radius 2 is 2.45 bits per heavy atom. The van der Waals surface area contributed by atoms with Crippen LogP contribution >= 0.6 is 0 Å². The Kier molecular flexibility index (Phi) is 3.80. The van der Waals surface area contributed by atoms with E-state index < -0.39 is 0 Å². The van der Waals surface area contributed by atoms with Crippen molar-refractivity contribution in [1.29, 1.82) is 0 Å². The van der Waals surface area contributed by atoms with Gasteiger partial charge in [-0.2, -0.15) is 0 Å². The quantitative estimate of drug-likeness (QED) is 0.644. The van der Waals surface area contributed by atoms with E-state index in [9.17, 15) is 4.39 Å². The van der Waals surface area contributed by atoms with Crippen LogP contribution in [0.15, 0.2) is 0 Å². The number of hydrogen-bond donors (Lipinski definition) is 1. The summed E-state index contributed by atoms with van der Waals surface area (Å²) in [4.78, 5) is 2.20.